The van der Waals surface area contributed by atoms with Gasteiger partial charge in [0.15, 0.2) is 11.5 Å². The highest BCUT2D eigenvalue weighted by Crippen LogP contribution is 2.32. The Kier molecular flexibility index (Phi) is 4.85. The molecule has 2 aromatic carbocycles. The van der Waals surface area contributed by atoms with Crippen LogP contribution in [0.4, 0.5) is 5.69 Å². The van der Waals surface area contributed by atoms with E-state index in [1.807, 2.05) is 31.2 Å². The van der Waals surface area contributed by atoms with Crippen molar-refractivity contribution in [3.8, 4) is 11.5 Å². The third-order valence-corrected chi connectivity index (χ3v) is 4.67. The Morgan fingerprint density at radius 3 is 2.64 bits per heavy atom. The van der Waals surface area contributed by atoms with Gasteiger partial charge in [-0.1, -0.05) is 24.3 Å². The Bertz CT molecular complexity index is 1090. The van der Waals surface area contributed by atoms with Crippen LogP contribution < -0.4 is 20.3 Å². The highest BCUT2D eigenvalue weighted by atomic mass is 16.6. The molecule has 3 aromatic rings. The fourth-order valence-corrected chi connectivity index (χ4v) is 3.12. The van der Waals surface area contributed by atoms with Crippen LogP contribution in [0.3, 0.4) is 0 Å². The summed E-state index contributed by atoms with van der Waals surface area (Å²) in [6.07, 6.45) is 1.69. The standard InChI is InChI=1S/C22H20N2O4/c1-15-5-2-3-6-16(15)14-24-10-4-7-18(22(24)26)21(25)23-17-8-9-19-20(13-17)28-12-11-27-19/h2-10,13H,11-12,14H2,1H3,(H,23,25). The smallest absolute Gasteiger partial charge is 0.263 e. The first kappa shape index (κ1) is 17.9. The molecule has 1 aliphatic heterocycles. The predicted molar refractivity (Wildman–Crippen MR) is 106 cm³/mol. The zero-order valence-electron chi connectivity index (χ0n) is 15.5. The van der Waals surface area contributed by atoms with Gasteiger partial charge in [0.1, 0.15) is 18.8 Å². The van der Waals surface area contributed by atoms with Crippen molar-refractivity contribution in [2.24, 2.45) is 0 Å². The molecule has 1 aromatic heterocycles. The highest BCUT2D eigenvalue weighted by Gasteiger charge is 2.16. The first-order chi connectivity index (χ1) is 13.6. The van der Waals surface area contributed by atoms with Crippen molar-refractivity contribution in [3.05, 3.63) is 87.8 Å². The summed E-state index contributed by atoms with van der Waals surface area (Å²) < 4.78 is 12.6. The topological polar surface area (TPSA) is 69.6 Å². The van der Waals surface area contributed by atoms with E-state index in [-0.39, 0.29) is 11.1 Å². The lowest BCUT2D eigenvalue weighted by Gasteiger charge is -2.19. The van der Waals surface area contributed by atoms with E-state index in [4.69, 9.17) is 9.47 Å². The summed E-state index contributed by atoms with van der Waals surface area (Å²) >= 11 is 0. The molecule has 28 heavy (non-hydrogen) atoms. The molecule has 0 radical (unpaired) electrons. The van der Waals surface area contributed by atoms with Crippen molar-refractivity contribution < 1.29 is 14.3 Å². The molecule has 142 valence electrons. The molecular weight excluding hydrogens is 356 g/mol. The van der Waals surface area contributed by atoms with E-state index in [9.17, 15) is 9.59 Å². The van der Waals surface area contributed by atoms with Crippen molar-refractivity contribution in [1.29, 1.82) is 0 Å². The fraction of sp³-hybridized carbons (Fsp3) is 0.182. The quantitative estimate of drug-likeness (QED) is 0.759. The van der Waals surface area contributed by atoms with Crippen LogP contribution in [0.15, 0.2) is 65.6 Å². The lowest BCUT2D eigenvalue weighted by molar-refractivity contribution is 0.102. The van der Waals surface area contributed by atoms with E-state index in [1.54, 1.807) is 35.0 Å². The number of carbonyl (C=O) groups is 1. The third-order valence-electron chi connectivity index (χ3n) is 4.67. The molecular formula is C22H20N2O4. The number of hydrogen-bond donors (Lipinski definition) is 1. The summed E-state index contributed by atoms with van der Waals surface area (Å²) in [5.74, 6) is 0.763. The number of nitrogens with zero attached hydrogens (tertiary/aromatic N) is 1. The minimum atomic E-state index is -0.458. The van der Waals surface area contributed by atoms with Gasteiger partial charge in [0.2, 0.25) is 0 Å². The predicted octanol–water partition coefficient (Wildman–Crippen LogP) is 3.23. The third kappa shape index (κ3) is 3.62. The molecule has 0 atom stereocenters. The minimum Gasteiger partial charge on any atom is -0.486 e. The van der Waals surface area contributed by atoms with E-state index in [0.717, 1.165) is 11.1 Å². The van der Waals surface area contributed by atoms with Crippen LogP contribution in [0, 0.1) is 6.92 Å². The number of pyridine rings is 1. The minimum absolute atomic E-state index is 0.0889. The zero-order valence-corrected chi connectivity index (χ0v) is 15.5. The number of rotatable bonds is 4. The number of amides is 1. The fourth-order valence-electron chi connectivity index (χ4n) is 3.12. The van der Waals surface area contributed by atoms with Gasteiger partial charge >= 0.3 is 0 Å². The van der Waals surface area contributed by atoms with Crippen molar-refractivity contribution in [2.45, 2.75) is 13.5 Å². The first-order valence-corrected chi connectivity index (χ1v) is 9.07. The van der Waals surface area contributed by atoms with Crippen molar-refractivity contribution in [3.63, 3.8) is 0 Å². The Labute approximate surface area is 162 Å². The molecule has 0 unspecified atom stereocenters. The molecule has 0 saturated heterocycles. The van der Waals surface area contributed by atoms with E-state index >= 15 is 0 Å². The van der Waals surface area contributed by atoms with Crippen LogP contribution in [0.25, 0.3) is 0 Å². The monoisotopic (exact) mass is 376 g/mol. The summed E-state index contributed by atoms with van der Waals surface area (Å²) in [6.45, 7) is 3.38. The molecule has 1 aliphatic rings. The Morgan fingerprint density at radius 1 is 1.04 bits per heavy atom. The Balaban J connectivity index is 1.57. The number of hydrogen-bond acceptors (Lipinski definition) is 4. The van der Waals surface area contributed by atoms with Gasteiger partial charge in [-0.15, -0.1) is 0 Å². The second-order valence-electron chi connectivity index (χ2n) is 6.59. The average Bonchev–Trinajstić information content (AvgIpc) is 2.71. The van der Waals surface area contributed by atoms with Crippen LogP contribution in [-0.2, 0) is 6.54 Å². The molecule has 0 bridgehead atoms. The highest BCUT2D eigenvalue weighted by molar-refractivity contribution is 6.04. The summed E-state index contributed by atoms with van der Waals surface area (Å²) in [5.41, 5.74) is 2.43. The maximum Gasteiger partial charge on any atom is 0.263 e. The van der Waals surface area contributed by atoms with Crippen LogP contribution in [-0.4, -0.2) is 23.7 Å². The molecule has 0 saturated carbocycles. The number of ether oxygens (including phenoxy) is 2. The molecule has 1 N–H and O–H groups in total. The van der Waals surface area contributed by atoms with Crippen molar-refractivity contribution >= 4 is 11.6 Å². The second-order valence-corrected chi connectivity index (χ2v) is 6.59. The van der Waals surface area contributed by atoms with Crippen LogP contribution in [0.2, 0.25) is 0 Å². The van der Waals surface area contributed by atoms with E-state index in [2.05, 4.69) is 5.32 Å². The number of nitrogens with one attached hydrogen (secondary N) is 1. The lowest BCUT2D eigenvalue weighted by Crippen LogP contribution is -2.29. The molecule has 1 amide bonds. The maximum absolute atomic E-state index is 12.8. The lowest BCUT2D eigenvalue weighted by atomic mass is 10.1. The van der Waals surface area contributed by atoms with Gasteiger partial charge in [-0.2, -0.15) is 0 Å². The second kappa shape index (κ2) is 7.60. The van der Waals surface area contributed by atoms with Crippen LogP contribution in [0.5, 0.6) is 11.5 Å². The molecule has 4 rings (SSSR count). The van der Waals surface area contributed by atoms with Crippen LogP contribution >= 0.6 is 0 Å². The number of aromatic nitrogens is 1. The van der Waals surface area contributed by atoms with Gasteiger partial charge < -0.3 is 19.4 Å². The summed E-state index contributed by atoms with van der Waals surface area (Å²) in [4.78, 5) is 25.5. The molecule has 2 heterocycles. The van der Waals surface area contributed by atoms with Gasteiger partial charge in [-0.3, -0.25) is 9.59 Å². The van der Waals surface area contributed by atoms with Gasteiger partial charge in [0.25, 0.3) is 11.5 Å². The number of fused-ring (bicyclic) bond motifs is 1. The SMILES string of the molecule is Cc1ccccc1Cn1cccc(C(=O)Nc2ccc3c(c2)OCCO3)c1=O. The Morgan fingerprint density at radius 2 is 1.82 bits per heavy atom. The number of aryl methyl sites for hydroxylation is 1. The van der Waals surface area contributed by atoms with Crippen molar-refractivity contribution in [1.82, 2.24) is 4.57 Å². The first-order valence-electron chi connectivity index (χ1n) is 9.07. The Hall–Kier alpha value is -3.54. The maximum atomic E-state index is 12.8. The number of benzene rings is 2. The van der Waals surface area contributed by atoms with Gasteiger partial charge in [-0.05, 0) is 42.3 Å². The van der Waals surface area contributed by atoms with E-state index < -0.39 is 5.91 Å². The van der Waals surface area contributed by atoms with Gasteiger partial charge in [0, 0.05) is 18.0 Å². The molecule has 0 spiro atoms. The zero-order chi connectivity index (χ0) is 19.5. The molecule has 6 heteroatoms. The largest absolute Gasteiger partial charge is 0.486 e. The summed E-state index contributed by atoms with van der Waals surface area (Å²) in [6, 6.07) is 16.3. The summed E-state index contributed by atoms with van der Waals surface area (Å²) in [7, 11) is 0. The van der Waals surface area contributed by atoms with Crippen molar-refractivity contribution in [2.75, 3.05) is 18.5 Å². The number of carbonyl (C=O) groups excluding carboxylic acids is 1. The van der Waals surface area contributed by atoms with E-state index in [1.165, 1.54) is 6.07 Å². The van der Waals surface area contributed by atoms with E-state index in [0.29, 0.717) is 36.9 Å². The van der Waals surface area contributed by atoms with Gasteiger partial charge in [0.05, 0.1) is 6.54 Å². The van der Waals surface area contributed by atoms with Crippen LogP contribution in [0.1, 0.15) is 21.5 Å². The van der Waals surface area contributed by atoms with Gasteiger partial charge in [-0.25, -0.2) is 0 Å². The normalized spacial score (nSPS) is 12.5. The molecule has 0 fully saturated rings. The molecule has 0 aliphatic carbocycles. The summed E-state index contributed by atoms with van der Waals surface area (Å²) in [5, 5.41) is 2.76. The average molecular weight is 376 g/mol. The molecule has 6 nitrogen and oxygen atoms in total. The number of anilines is 1.